The van der Waals surface area contributed by atoms with Gasteiger partial charge >= 0.3 is 6.18 Å². The minimum atomic E-state index is -4.30. The van der Waals surface area contributed by atoms with Crippen molar-refractivity contribution in [1.29, 1.82) is 0 Å². The third-order valence-corrected chi connectivity index (χ3v) is 6.38. The van der Waals surface area contributed by atoms with Crippen molar-refractivity contribution < 1.29 is 17.9 Å². The van der Waals surface area contributed by atoms with Gasteiger partial charge in [-0.25, -0.2) is 0 Å². The lowest BCUT2D eigenvalue weighted by Gasteiger charge is -2.27. The molecule has 4 nitrogen and oxygen atoms in total. The number of rotatable bonds is 3. The Balaban J connectivity index is 0.00000225. The van der Waals surface area contributed by atoms with Crippen LogP contribution in [0.1, 0.15) is 36.8 Å². The van der Waals surface area contributed by atoms with E-state index >= 15 is 0 Å². The zero-order valence-electron chi connectivity index (χ0n) is 16.0. The van der Waals surface area contributed by atoms with Gasteiger partial charge in [0.05, 0.1) is 12.2 Å². The van der Waals surface area contributed by atoms with Gasteiger partial charge in [-0.15, -0.1) is 24.0 Å². The van der Waals surface area contributed by atoms with E-state index in [9.17, 15) is 13.2 Å². The molecule has 8 heteroatoms. The van der Waals surface area contributed by atoms with Gasteiger partial charge < -0.3 is 15.0 Å². The largest absolute Gasteiger partial charge is 0.416 e. The summed E-state index contributed by atoms with van der Waals surface area (Å²) in [5, 5.41) is 3.43. The van der Waals surface area contributed by atoms with Crippen LogP contribution in [-0.4, -0.2) is 50.8 Å². The van der Waals surface area contributed by atoms with Crippen LogP contribution in [0.2, 0.25) is 0 Å². The molecule has 1 aliphatic carbocycles. The number of nitrogens with zero attached hydrogens (tertiary/aromatic N) is 2. The number of aliphatic imine (C=N–C) groups is 1. The van der Waals surface area contributed by atoms with Crippen LogP contribution < -0.4 is 5.32 Å². The number of likely N-dealkylation sites (tertiary alicyclic amines) is 1. The van der Waals surface area contributed by atoms with Gasteiger partial charge in [0, 0.05) is 44.1 Å². The number of hydrogen-bond donors (Lipinski definition) is 1. The average Bonchev–Trinajstić information content (AvgIpc) is 3.12. The summed E-state index contributed by atoms with van der Waals surface area (Å²) in [6.07, 6.45) is -0.309. The van der Waals surface area contributed by atoms with E-state index in [0.29, 0.717) is 6.54 Å². The van der Waals surface area contributed by atoms with E-state index in [4.69, 9.17) is 4.74 Å². The van der Waals surface area contributed by atoms with Crippen LogP contribution in [-0.2, 0) is 16.3 Å². The summed E-state index contributed by atoms with van der Waals surface area (Å²) in [6.45, 7) is 4.14. The molecule has 3 fully saturated rings. The number of alkyl halides is 3. The van der Waals surface area contributed by atoms with Crippen molar-refractivity contribution in [2.75, 3.05) is 39.9 Å². The molecule has 28 heavy (non-hydrogen) atoms. The molecular formula is C20H27F3IN3O. The average molecular weight is 509 g/mol. The van der Waals surface area contributed by atoms with Crippen molar-refractivity contribution >= 4 is 29.9 Å². The Morgan fingerprint density at radius 3 is 2.64 bits per heavy atom. The third-order valence-electron chi connectivity index (χ3n) is 6.38. The highest BCUT2D eigenvalue weighted by Crippen LogP contribution is 2.48. The minimum Gasteiger partial charge on any atom is -0.381 e. The predicted octanol–water partition coefficient (Wildman–Crippen LogP) is 4.04. The highest BCUT2D eigenvalue weighted by Gasteiger charge is 2.46. The normalized spacial score (nSPS) is 26.4. The molecule has 3 aliphatic rings. The Morgan fingerprint density at radius 2 is 2.04 bits per heavy atom. The predicted molar refractivity (Wildman–Crippen MR) is 113 cm³/mol. The lowest BCUT2D eigenvalue weighted by Crippen LogP contribution is -2.44. The van der Waals surface area contributed by atoms with Gasteiger partial charge in [-0.2, -0.15) is 13.2 Å². The number of guanidine groups is 1. The molecule has 0 amide bonds. The number of nitrogens with one attached hydrogen (secondary N) is 1. The Bertz CT molecular complexity index is 728. The maximum Gasteiger partial charge on any atom is 0.416 e. The summed E-state index contributed by atoms with van der Waals surface area (Å²) in [6, 6.07) is 5.77. The summed E-state index contributed by atoms with van der Waals surface area (Å²) < 4.78 is 44.7. The second-order valence-electron chi connectivity index (χ2n) is 8.23. The standard InChI is InChI=1S/C20H26F3N3O.HI/c1-24-17(26-9-7-18(13-26)8-10-27-14-18)25-12-19(5-6-19)15-3-2-4-16(11-15)20(21,22)23;/h2-4,11H,5-10,12-14H2,1H3,(H,24,25);1H. The van der Waals surface area contributed by atoms with E-state index in [1.807, 2.05) is 6.07 Å². The summed E-state index contributed by atoms with van der Waals surface area (Å²) in [5.74, 6) is 0.844. The number of hydrogen-bond acceptors (Lipinski definition) is 2. The highest BCUT2D eigenvalue weighted by molar-refractivity contribution is 14.0. The quantitative estimate of drug-likeness (QED) is 0.380. The molecule has 1 spiro atoms. The van der Waals surface area contributed by atoms with E-state index in [0.717, 1.165) is 69.6 Å². The molecular weight excluding hydrogens is 482 g/mol. The Kier molecular flexibility index (Phi) is 6.20. The number of ether oxygens (including phenoxy) is 1. The molecule has 1 aromatic rings. The molecule has 1 aromatic carbocycles. The molecule has 1 saturated carbocycles. The van der Waals surface area contributed by atoms with E-state index in [1.54, 1.807) is 7.05 Å². The lowest BCUT2D eigenvalue weighted by atomic mass is 9.87. The topological polar surface area (TPSA) is 36.9 Å². The van der Waals surface area contributed by atoms with Gasteiger partial charge in [-0.1, -0.05) is 18.2 Å². The van der Waals surface area contributed by atoms with Crippen LogP contribution in [0.3, 0.4) is 0 Å². The summed E-state index contributed by atoms with van der Waals surface area (Å²) in [7, 11) is 1.77. The monoisotopic (exact) mass is 509 g/mol. The minimum absolute atomic E-state index is 0. The van der Waals surface area contributed by atoms with Gasteiger partial charge in [-0.3, -0.25) is 4.99 Å². The molecule has 0 radical (unpaired) electrons. The second kappa shape index (κ2) is 8.01. The van der Waals surface area contributed by atoms with Crippen LogP contribution >= 0.6 is 24.0 Å². The number of benzene rings is 1. The summed E-state index contributed by atoms with van der Waals surface area (Å²) >= 11 is 0. The van der Waals surface area contributed by atoms with Crippen LogP contribution in [0, 0.1) is 5.41 Å². The van der Waals surface area contributed by atoms with Gasteiger partial charge in [0.2, 0.25) is 0 Å². The summed E-state index contributed by atoms with van der Waals surface area (Å²) in [5.41, 5.74) is 0.224. The van der Waals surface area contributed by atoms with Crippen molar-refractivity contribution in [3.63, 3.8) is 0 Å². The van der Waals surface area contributed by atoms with Crippen LogP contribution in [0.4, 0.5) is 13.2 Å². The molecule has 1 unspecified atom stereocenters. The molecule has 2 heterocycles. The Hall–Kier alpha value is -1.03. The molecule has 0 aromatic heterocycles. The molecule has 2 aliphatic heterocycles. The van der Waals surface area contributed by atoms with Gasteiger partial charge in [0.15, 0.2) is 5.96 Å². The molecule has 1 N–H and O–H groups in total. The van der Waals surface area contributed by atoms with E-state index in [2.05, 4.69) is 15.2 Å². The Morgan fingerprint density at radius 1 is 1.25 bits per heavy atom. The van der Waals surface area contributed by atoms with Gasteiger partial charge in [0.1, 0.15) is 0 Å². The summed E-state index contributed by atoms with van der Waals surface area (Å²) in [4.78, 5) is 6.68. The lowest BCUT2D eigenvalue weighted by molar-refractivity contribution is -0.137. The van der Waals surface area contributed by atoms with Gasteiger partial charge in [-0.05, 0) is 37.3 Å². The van der Waals surface area contributed by atoms with E-state index in [-0.39, 0.29) is 34.8 Å². The van der Waals surface area contributed by atoms with E-state index in [1.165, 1.54) is 12.1 Å². The first-order valence-corrected chi connectivity index (χ1v) is 9.57. The van der Waals surface area contributed by atoms with Crippen LogP contribution in [0.25, 0.3) is 0 Å². The van der Waals surface area contributed by atoms with Crippen molar-refractivity contribution in [1.82, 2.24) is 10.2 Å². The molecule has 2 saturated heterocycles. The first-order valence-electron chi connectivity index (χ1n) is 9.57. The maximum absolute atomic E-state index is 13.0. The van der Waals surface area contributed by atoms with Crippen molar-refractivity contribution in [2.24, 2.45) is 10.4 Å². The van der Waals surface area contributed by atoms with Gasteiger partial charge in [0.25, 0.3) is 0 Å². The molecule has 4 rings (SSSR count). The number of halogens is 4. The SMILES string of the molecule is CN=C(NCC1(c2cccc(C(F)(F)F)c2)CC1)N1CCC2(CCOC2)C1.I. The van der Waals surface area contributed by atoms with Crippen LogP contribution in [0.15, 0.2) is 29.3 Å². The zero-order valence-corrected chi connectivity index (χ0v) is 18.3. The smallest absolute Gasteiger partial charge is 0.381 e. The molecule has 1 atom stereocenters. The fourth-order valence-corrected chi connectivity index (χ4v) is 4.41. The molecule has 156 valence electrons. The zero-order chi connectivity index (χ0) is 19.1. The fraction of sp³-hybridized carbons (Fsp3) is 0.650. The van der Waals surface area contributed by atoms with Crippen molar-refractivity contribution in [2.45, 2.75) is 37.3 Å². The first-order chi connectivity index (χ1) is 12.9. The van der Waals surface area contributed by atoms with Crippen molar-refractivity contribution in [3.05, 3.63) is 35.4 Å². The fourth-order valence-electron chi connectivity index (χ4n) is 4.41. The Labute approximate surface area is 180 Å². The highest BCUT2D eigenvalue weighted by atomic mass is 127. The maximum atomic E-state index is 13.0. The first kappa shape index (κ1) is 21.7. The van der Waals surface area contributed by atoms with E-state index < -0.39 is 11.7 Å². The second-order valence-corrected chi connectivity index (χ2v) is 8.23. The molecule has 0 bridgehead atoms. The van der Waals surface area contributed by atoms with Crippen molar-refractivity contribution in [3.8, 4) is 0 Å². The third kappa shape index (κ3) is 4.27. The van der Waals surface area contributed by atoms with Crippen LogP contribution in [0.5, 0.6) is 0 Å².